The van der Waals surface area contributed by atoms with Crippen LogP contribution in [0, 0.1) is 5.92 Å². The first-order valence-electron chi connectivity index (χ1n) is 13.1. The van der Waals surface area contributed by atoms with Crippen molar-refractivity contribution in [1.82, 2.24) is 9.80 Å². The number of fused-ring (bicyclic) bond motifs is 1. The van der Waals surface area contributed by atoms with Crippen molar-refractivity contribution in [2.24, 2.45) is 5.92 Å². The van der Waals surface area contributed by atoms with E-state index in [-0.39, 0.29) is 30.2 Å². The van der Waals surface area contributed by atoms with E-state index in [9.17, 15) is 14.4 Å². The third kappa shape index (κ3) is 6.23. The maximum absolute atomic E-state index is 14.1. The molecule has 0 saturated carbocycles. The molecule has 2 atom stereocenters. The molecule has 2 unspecified atom stereocenters. The highest BCUT2D eigenvalue weighted by atomic mass is 35.5. The summed E-state index contributed by atoms with van der Waals surface area (Å²) >= 11 is 6.47. The fourth-order valence-corrected chi connectivity index (χ4v) is 5.80. The van der Waals surface area contributed by atoms with E-state index in [1.165, 1.54) is 0 Å². The molecule has 2 amide bonds. The normalized spacial score (nSPS) is 20.2. The number of rotatable bonds is 7. The SMILES string of the molecule is COc1ccccc1C1CN(CC(=O)N2CCC(OC(=O)O)CC2)C(=O)C(CC(C)C)c2ccc(Cl)cc21. The second-order valence-electron chi connectivity index (χ2n) is 10.4. The van der Waals surface area contributed by atoms with Crippen molar-refractivity contribution in [3.05, 3.63) is 64.2 Å². The molecule has 2 heterocycles. The monoisotopic (exact) mass is 542 g/mol. The van der Waals surface area contributed by atoms with Crippen molar-refractivity contribution < 1.29 is 29.0 Å². The van der Waals surface area contributed by atoms with Crippen molar-refractivity contribution in [1.29, 1.82) is 0 Å². The van der Waals surface area contributed by atoms with E-state index < -0.39 is 18.2 Å². The lowest BCUT2D eigenvalue weighted by atomic mass is 9.82. The number of halogens is 1. The van der Waals surface area contributed by atoms with Gasteiger partial charge in [0, 0.05) is 49.0 Å². The maximum atomic E-state index is 14.1. The molecule has 0 spiro atoms. The Bertz CT molecular complexity index is 1180. The van der Waals surface area contributed by atoms with Gasteiger partial charge in [-0.2, -0.15) is 0 Å². The smallest absolute Gasteiger partial charge is 0.496 e. The highest BCUT2D eigenvalue weighted by molar-refractivity contribution is 6.30. The number of para-hydroxylation sites is 1. The number of hydrogen-bond donors (Lipinski definition) is 1. The maximum Gasteiger partial charge on any atom is 0.506 e. The van der Waals surface area contributed by atoms with Crippen molar-refractivity contribution in [3.63, 3.8) is 0 Å². The van der Waals surface area contributed by atoms with Crippen LogP contribution >= 0.6 is 11.6 Å². The molecule has 0 bridgehead atoms. The van der Waals surface area contributed by atoms with Crippen LogP contribution in [0.2, 0.25) is 5.02 Å². The fraction of sp³-hybridized carbons (Fsp3) is 0.483. The molecule has 38 heavy (non-hydrogen) atoms. The van der Waals surface area contributed by atoms with Crippen LogP contribution in [0.4, 0.5) is 4.79 Å². The second kappa shape index (κ2) is 12.1. The number of piperidine rings is 1. The van der Waals surface area contributed by atoms with E-state index in [1.807, 2.05) is 42.5 Å². The van der Waals surface area contributed by atoms with E-state index >= 15 is 0 Å². The van der Waals surface area contributed by atoms with Gasteiger partial charge in [-0.15, -0.1) is 0 Å². The Morgan fingerprint density at radius 1 is 1.08 bits per heavy atom. The average Bonchev–Trinajstić information content (AvgIpc) is 2.98. The van der Waals surface area contributed by atoms with Gasteiger partial charge in [0.25, 0.3) is 0 Å². The summed E-state index contributed by atoms with van der Waals surface area (Å²) in [4.78, 5) is 41.7. The molecular formula is C29H35ClN2O6. The zero-order valence-electron chi connectivity index (χ0n) is 22.1. The zero-order chi connectivity index (χ0) is 27.4. The van der Waals surface area contributed by atoms with Crippen molar-refractivity contribution in [2.75, 3.05) is 33.3 Å². The lowest BCUT2D eigenvalue weighted by Crippen LogP contribution is -2.48. The number of methoxy groups -OCH3 is 1. The number of benzene rings is 2. The number of ether oxygens (including phenoxy) is 2. The highest BCUT2D eigenvalue weighted by Crippen LogP contribution is 2.42. The summed E-state index contributed by atoms with van der Waals surface area (Å²) in [7, 11) is 1.63. The number of likely N-dealkylation sites (tertiary alicyclic amines) is 1. The van der Waals surface area contributed by atoms with E-state index in [0.717, 1.165) is 16.7 Å². The third-order valence-electron chi connectivity index (χ3n) is 7.42. The Kier molecular flexibility index (Phi) is 8.82. The summed E-state index contributed by atoms with van der Waals surface area (Å²) in [6, 6.07) is 13.5. The Labute approximate surface area is 228 Å². The number of amides is 2. The van der Waals surface area contributed by atoms with E-state index in [4.69, 9.17) is 26.2 Å². The van der Waals surface area contributed by atoms with E-state index in [1.54, 1.807) is 16.9 Å². The van der Waals surface area contributed by atoms with E-state index in [0.29, 0.717) is 49.7 Å². The summed E-state index contributed by atoms with van der Waals surface area (Å²) in [6.45, 7) is 5.21. The third-order valence-corrected chi connectivity index (χ3v) is 7.66. The topological polar surface area (TPSA) is 96.4 Å². The van der Waals surface area contributed by atoms with E-state index in [2.05, 4.69) is 13.8 Å². The van der Waals surface area contributed by atoms with Gasteiger partial charge in [-0.3, -0.25) is 9.59 Å². The largest absolute Gasteiger partial charge is 0.506 e. The number of nitrogens with zero attached hydrogens (tertiary/aromatic N) is 2. The first kappa shape index (κ1) is 27.8. The average molecular weight is 543 g/mol. The minimum absolute atomic E-state index is 0.0503. The molecule has 2 aliphatic heterocycles. The predicted molar refractivity (Wildman–Crippen MR) is 144 cm³/mol. The molecule has 1 fully saturated rings. The Morgan fingerprint density at radius 3 is 2.45 bits per heavy atom. The van der Waals surface area contributed by atoms with Gasteiger partial charge in [0.05, 0.1) is 19.6 Å². The number of carbonyl (C=O) groups excluding carboxylic acids is 2. The van der Waals surface area contributed by atoms with Gasteiger partial charge < -0.3 is 24.4 Å². The van der Waals surface area contributed by atoms with Gasteiger partial charge >= 0.3 is 6.16 Å². The van der Waals surface area contributed by atoms with Crippen LogP contribution in [-0.4, -0.2) is 72.3 Å². The summed E-state index contributed by atoms with van der Waals surface area (Å²) in [5.41, 5.74) is 2.84. The summed E-state index contributed by atoms with van der Waals surface area (Å²) in [5.74, 6) is 0.120. The first-order chi connectivity index (χ1) is 18.2. The summed E-state index contributed by atoms with van der Waals surface area (Å²) < 4.78 is 10.6. The molecule has 2 aromatic carbocycles. The van der Waals surface area contributed by atoms with Gasteiger partial charge in [0.15, 0.2) is 0 Å². The quantitative estimate of drug-likeness (QED) is 0.487. The number of hydrogen-bond acceptors (Lipinski definition) is 5. The van der Waals surface area contributed by atoms with Crippen LogP contribution in [0.5, 0.6) is 5.75 Å². The Hall–Kier alpha value is -3.26. The van der Waals surface area contributed by atoms with Crippen LogP contribution < -0.4 is 4.74 Å². The Morgan fingerprint density at radius 2 is 1.79 bits per heavy atom. The molecule has 0 radical (unpaired) electrons. The zero-order valence-corrected chi connectivity index (χ0v) is 22.8. The van der Waals surface area contributed by atoms with Crippen molar-refractivity contribution >= 4 is 29.6 Å². The molecule has 2 aliphatic rings. The lowest BCUT2D eigenvalue weighted by molar-refractivity contribution is -0.142. The minimum atomic E-state index is -1.30. The molecule has 1 N–H and O–H groups in total. The molecule has 2 aromatic rings. The standard InChI is InChI=1S/C29H35ClN2O6/c1-18(2)14-24-21-9-8-19(30)15-23(21)25(22-6-4-5-7-26(22)37-3)16-32(28(24)34)17-27(33)31-12-10-20(11-13-31)38-29(35)36/h4-9,15,18,20,24-25H,10-14,16-17H2,1-3H3,(H,35,36). The second-order valence-corrected chi connectivity index (χ2v) is 10.9. The fourth-order valence-electron chi connectivity index (χ4n) is 5.62. The first-order valence-corrected chi connectivity index (χ1v) is 13.4. The van der Waals surface area contributed by atoms with Crippen LogP contribution in [0.3, 0.4) is 0 Å². The Balaban J connectivity index is 1.67. The molecule has 8 nitrogen and oxygen atoms in total. The molecule has 1 saturated heterocycles. The van der Waals surface area contributed by atoms with Gasteiger partial charge in [-0.05, 0) is 41.7 Å². The van der Waals surface area contributed by atoms with Crippen LogP contribution in [0.15, 0.2) is 42.5 Å². The van der Waals surface area contributed by atoms with Crippen LogP contribution in [0.25, 0.3) is 0 Å². The summed E-state index contributed by atoms with van der Waals surface area (Å²) in [5, 5.41) is 9.48. The molecule has 204 valence electrons. The van der Waals surface area contributed by atoms with Gasteiger partial charge in [-0.25, -0.2) is 4.79 Å². The van der Waals surface area contributed by atoms with Crippen molar-refractivity contribution in [2.45, 2.75) is 51.0 Å². The van der Waals surface area contributed by atoms with Gasteiger partial charge in [-0.1, -0.05) is 49.7 Å². The molecule has 0 aromatic heterocycles. The van der Waals surface area contributed by atoms with Crippen LogP contribution in [0.1, 0.15) is 61.6 Å². The molecule has 9 heteroatoms. The molecule has 0 aliphatic carbocycles. The highest BCUT2D eigenvalue weighted by Gasteiger charge is 2.38. The summed E-state index contributed by atoms with van der Waals surface area (Å²) in [6.07, 6.45) is -0.190. The number of carbonyl (C=O) groups is 3. The van der Waals surface area contributed by atoms with Gasteiger partial charge in [0.2, 0.25) is 11.8 Å². The minimum Gasteiger partial charge on any atom is -0.496 e. The molecule has 4 rings (SSSR count). The predicted octanol–water partition coefficient (Wildman–Crippen LogP) is 5.14. The van der Waals surface area contributed by atoms with Crippen molar-refractivity contribution in [3.8, 4) is 5.75 Å². The van der Waals surface area contributed by atoms with Gasteiger partial charge in [0.1, 0.15) is 11.9 Å². The lowest BCUT2D eigenvalue weighted by Gasteiger charge is -2.34. The van der Waals surface area contributed by atoms with Crippen LogP contribution in [-0.2, 0) is 14.3 Å². The molecular weight excluding hydrogens is 508 g/mol. The number of carboxylic acid groups (broad SMARTS) is 1.